The Labute approximate surface area is 147 Å². The zero-order valence-corrected chi connectivity index (χ0v) is 14.1. The van der Waals surface area contributed by atoms with Crippen LogP contribution in [0.15, 0.2) is 0 Å². The summed E-state index contributed by atoms with van der Waals surface area (Å²) in [6, 6.07) is -2.74. The van der Waals surface area contributed by atoms with Crippen molar-refractivity contribution in [3.63, 3.8) is 0 Å². The van der Waals surface area contributed by atoms with E-state index >= 15 is 0 Å². The van der Waals surface area contributed by atoms with E-state index in [0.29, 0.717) is 19.3 Å². The van der Waals surface area contributed by atoms with Gasteiger partial charge in [0.1, 0.15) is 12.0 Å². The number of rotatable bonds is 4. The first-order chi connectivity index (χ1) is 11.7. The second kappa shape index (κ2) is 6.96. The van der Waals surface area contributed by atoms with Crippen LogP contribution in [0.3, 0.4) is 0 Å². The lowest BCUT2D eigenvalue weighted by molar-refractivity contribution is -0.169. The Bertz CT molecular complexity index is 560. The molecule has 3 aliphatic rings. The molecule has 5 nitrogen and oxygen atoms in total. The van der Waals surface area contributed by atoms with Gasteiger partial charge in [0.15, 0.2) is 17.3 Å². The van der Waals surface area contributed by atoms with Gasteiger partial charge in [0.05, 0.1) is 18.5 Å². The molecule has 2 aliphatic carbocycles. The van der Waals surface area contributed by atoms with Gasteiger partial charge in [0, 0.05) is 23.8 Å². The first kappa shape index (κ1) is 18.8. The van der Waals surface area contributed by atoms with E-state index < -0.39 is 35.9 Å². The van der Waals surface area contributed by atoms with E-state index in [-0.39, 0.29) is 42.9 Å². The molecule has 0 aromatic rings. The number of carbonyl (C=O) groups is 3. The molecule has 3 fully saturated rings. The van der Waals surface area contributed by atoms with Crippen LogP contribution in [0.25, 0.3) is 0 Å². The number of piperidine rings is 1. The van der Waals surface area contributed by atoms with Gasteiger partial charge in [0.2, 0.25) is 0 Å². The average molecular weight is 382 g/mol. The van der Waals surface area contributed by atoms with E-state index in [1.807, 2.05) is 0 Å². The van der Waals surface area contributed by atoms with Gasteiger partial charge in [-0.2, -0.15) is 13.2 Å². The molecule has 0 aromatic heterocycles. The van der Waals surface area contributed by atoms with Crippen molar-refractivity contribution < 1.29 is 31.8 Å². The molecule has 1 saturated heterocycles. The van der Waals surface area contributed by atoms with Crippen LogP contribution in [0, 0.1) is 23.7 Å². The third-order valence-electron chi connectivity index (χ3n) is 5.76. The Morgan fingerprint density at radius 2 is 1.72 bits per heavy atom. The van der Waals surface area contributed by atoms with Crippen LogP contribution < -0.4 is 5.32 Å². The number of nitrogens with one attached hydrogen (secondary N) is 1. The van der Waals surface area contributed by atoms with Gasteiger partial charge in [-0.05, 0) is 32.1 Å². The number of halogens is 4. The van der Waals surface area contributed by atoms with Crippen molar-refractivity contribution in [3.8, 4) is 0 Å². The number of hydrogen-bond donors (Lipinski definition) is 1. The van der Waals surface area contributed by atoms with E-state index in [4.69, 9.17) is 11.9 Å². The second-order valence-corrected chi connectivity index (χ2v) is 7.39. The first-order valence-corrected chi connectivity index (χ1v) is 8.72. The summed E-state index contributed by atoms with van der Waals surface area (Å²) in [7, 11) is 0. The van der Waals surface area contributed by atoms with Crippen molar-refractivity contribution >= 4 is 29.2 Å². The molecular weight excluding hydrogens is 363 g/mol. The Hall–Kier alpha value is -0.990. The molecule has 1 heterocycles. The molecule has 0 aromatic carbocycles. The van der Waals surface area contributed by atoms with Crippen LogP contribution >= 0.6 is 11.9 Å². The standard InChI is InChI=1S/C16H19ClF3NO4/c17-25-6-10-9(3-4-11(21-10)16(18,19)20)15(24)12-13(22)7-1-2-8(5-7)14(12)23/h7-12,21H,1-6H2. The first-order valence-electron chi connectivity index (χ1n) is 8.41. The van der Waals surface area contributed by atoms with Crippen LogP contribution in [0.1, 0.15) is 32.1 Å². The predicted octanol–water partition coefficient (Wildman–Crippen LogP) is 2.21. The zero-order chi connectivity index (χ0) is 18.4. The molecule has 5 unspecified atom stereocenters. The lowest BCUT2D eigenvalue weighted by atomic mass is 9.71. The highest BCUT2D eigenvalue weighted by Gasteiger charge is 2.53. The lowest BCUT2D eigenvalue weighted by Gasteiger charge is -2.38. The zero-order valence-electron chi connectivity index (χ0n) is 13.4. The maximum Gasteiger partial charge on any atom is 0.403 e. The van der Waals surface area contributed by atoms with Gasteiger partial charge in [-0.1, -0.05) is 0 Å². The number of fused-ring (bicyclic) bond motifs is 2. The number of carbonyl (C=O) groups excluding carboxylic acids is 3. The van der Waals surface area contributed by atoms with Gasteiger partial charge >= 0.3 is 6.18 Å². The molecule has 2 saturated carbocycles. The van der Waals surface area contributed by atoms with E-state index in [1.54, 1.807) is 0 Å². The second-order valence-electron chi connectivity index (χ2n) is 7.17. The third-order valence-corrected chi connectivity index (χ3v) is 5.89. The number of alkyl halides is 3. The fourth-order valence-electron chi connectivity index (χ4n) is 4.44. The smallest absolute Gasteiger partial charge is 0.300 e. The van der Waals surface area contributed by atoms with Gasteiger partial charge in [0.25, 0.3) is 0 Å². The highest BCUT2D eigenvalue weighted by molar-refractivity contribution is 6.22. The number of Topliss-reactive ketones (excluding diaryl/α,β-unsaturated/α-hetero) is 3. The van der Waals surface area contributed by atoms with Crippen molar-refractivity contribution in [2.24, 2.45) is 23.7 Å². The molecule has 5 atom stereocenters. The largest absolute Gasteiger partial charge is 0.403 e. The molecule has 0 amide bonds. The summed E-state index contributed by atoms with van der Waals surface area (Å²) in [4.78, 5) is 37.8. The van der Waals surface area contributed by atoms with Crippen molar-refractivity contribution in [3.05, 3.63) is 0 Å². The topological polar surface area (TPSA) is 72.5 Å². The molecule has 0 spiro atoms. The van der Waals surface area contributed by atoms with Crippen LogP contribution in [0.5, 0.6) is 0 Å². The van der Waals surface area contributed by atoms with Crippen LogP contribution in [0.2, 0.25) is 0 Å². The molecule has 0 radical (unpaired) electrons. The van der Waals surface area contributed by atoms with Crippen molar-refractivity contribution in [2.45, 2.75) is 50.4 Å². The molecular formula is C16H19ClF3NO4. The maximum atomic E-state index is 12.9. The highest BCUT2D eigenvalue weighted by Crippen LogP contribution is 2.42. The summed E-state index contributed by atoms with van der Waals surface area (Å²) in [5.74, 6) is -4.11. The fraction of sp³-hybridized carbons (Fsp3) is 0.812. The quantitative estimate of drug-likeness (QED) is 0.756. The molecule has 2 bridgehead atoms. The Morgan fingerprint density at radius 3 is 2.24 bits per heavy atom. The fourth-order valence-corrected chi connectivity index (χ4v) is 4.58. The Morgan fingerprint density at radius 1 is 1.12 bits per heavy atom. The normalized spacial score (nSPS) is 38.9. The average Bonchev–Trinajstić information content (AvgIpc) is 2.99. The van der Waals surface area contributed by atoms with E-state index in [0.717, 1.165) is 0 Å². The van der Waals surface area contributed by atoms with Gasteiger partial charge in [-0.15, -0.1) is 0 Å². The van der Waals surface area contributed by atoms with Crippen LogP contribution in [0.4, 0.5) is 13.2 Å². The third kappa shape index (κ3) is 3.48. The lowest BCUT2D eigenvalue weighted by Crippen LogP contribution is -2.58. The SMILES string of the molecule is O=C1C2CCC(C2)C(=O)C1C(=O)C1CCC(C(F)(F)F)NC1COCl. The monoisotopic (exact) mass is 381 g/mol. The van der Waals surface area contributed by atoms with Crippen molar-refractivity contribution in [1.82, 2.24) is 5.32 Å². The number of hydrogen-bond acceptors (Lipinski definition) is 5. The summed E-state index contributed by atoms with van der Waals surface area (Å²) < 4.78 is 43.3. The molecule has 1 N–H and O–H groups in total. The van der Waals surface area contributed by atoms with Gasteiger partial charge in [-0.25, -0.2) is 0 Å². The maximum absolute atomic E-state index is 12.9. The number of ketones is 3. The van der Waals surface area contributed by atoms with Crippen LogP contribution in [-0.2, 0) is 18.7 Å². The summed E-state index contributed by atoms with van der Waals surface area (Å²) in [5, 5.41) is 2.35. The predicted molar refractivity (Wildman–Crippen MR) is 80.6 cm³/mol. The van der Waals surface area contributed by atoms with E-state index in [2.05, 4.69) is 9.61 Å². The van der Waals surface area contributed by atoms with Gasteiger partial charge < -0.3 is 5.32 Å². The van der Waals surface area contributed by atoms with Crippen LogP contribution in [-0.4, -0.2) is 42.2 Å². The summed E-state index contributed by atoms with van der Waals surface area (Å²) in [5.41, 5.74) is 0. The highest BCUT2D eigenvalue weighted by atomic mass is 35.5. The summed E-state index contributed by atoms with van der Waals surface area (Å²) in [6.45, 7) is -0.313. The summed E-state index contributed by atoms with van der Waals surface area (Å²) in [6.07, 6.45) is -3.10. The minimum Gasteiger partial charge on any atom is -0.300 e. The van der Waals surface area contributed by atoms with E-state index in [9.17, 15) is 27.6 Å². The Balaban J connectivity index is 1.78. The van der Waals surface area contributed by atoms with Crippen molar-refractivity contribution in [2.75, 3.05) is 6.61 Å². The molecule has 25 heavy (non-hydrogen) atoms. The molecule has 3 rings (SSSR count). The molecule has 140 valence electrons. The Kier molecular flexibility index (Phi) is 5.23. The van der Waals surface area contributed by atoms with E-state index in [1.165, 1.54) is 0 Å². The van der Waals surface area contributed by atoms with Crippen molar-refractivity contribution in [1.29, 1.82) is 0 Å². The van der Waals surface area contributed by atoms with Gasteiger partial charge in [-0.3, -0.25) is 18.7 Å². The molecule has 9 heteroatoms. The minimum atomic E-state index is -4.45. The minimum absolute atomic E-state index is 0.0622. The molecule has 1 aliphatic heterocycles. The summed E-state index contributed by atoms with van der Waals surface area (Å²) >= 11 is 5.20.